The molecule has 1 saturated heterocycles. The molecule has 0 aliphatic carbocycles. The molecule has 3 rings (SSSR count). The summed E-state index contributed by atoms with van der Waals surface area (Å²) in [4.78, 5) is 26.9. The molecule has 28 heavy (non-hydrogen) atoms. The van der Waals surface area contributed by atoms with Gasteiger partial charge in [-0.05, 0) is 36.5 Å². The molecule has 2 aromatic rings. The monoisotopic (exact) mass is 382 g/mol. The van der Waals surface area contributed by atoms with E-state index in [2.05, 4.69) is 5.32 Å². The molecule has 0 atom stereocenters. The van der Waals surface area contributed by atoms with Gasteiger partial charge < -0.3 is 19.7 Å². The molecule has 0 aromatic heterocycles. The predicted molar refractivity (Wildman–Crippen MR) is 107 cm³/mol. The number of amides is 2. The summed E-state index contributed by atoms with van der Waals surface area (Å²) >= 11 is 0. The maximum atomic E-state index is 13.1. The van der Waals surface area contributed by atoms with E-state index >= 15 is 0 Å². The second-order valence-corrected chi connectivity index (χ2v) is 6.89. The average Bonchev–Trinajstić information content (AvgIpc) is 2.74. The topological polar surface area (TPSA) is 67.9 Å². The summed E-state index contributed by atoms with van der Waals surface area (Å²) in [6, 6.07) is 16.5. The Morgan fingerprint density at radius 3 is 2.46 bits per heavy atom. The van der Waals surface area contributed by atoms with Crippen LogP contribution in [0.4, 0.5) is 10.5 Å². The highest BCUT2D eigenvalue weighted by Crippen LogP contribution is 2.20. The number of hydrogen-bond acceptors (Lipinski definition) is 4. The average molecular weight is 382 g/mol. The molecule has 1 aliphatic rings. The number of carbonyl (C=O) groups excluding carboxylic acids is 2. The van der Waals surface area contributed by atoms with E-state index in [1.165, 1.54) is 7.11 Å². The van der Waals surface area contributed by atoms with Crippen molar-refractivity contribution in [1.82, 2.24) is 4.90 Å². The first-order chi connectivity index (χ1) is 13.7. The number of esters is 1. The van der Waals surface area contributed by atoms with E-state index < -0.39 is 5.97 Å². The van der Waals surface area contributed by atoms with Crippen LogP contribution in [0.15, 0.2) is 54.6 Å². The molecule has 1 aliphatic heterocycles. The van der Waals surface area contributed by atoms with Crippen LogP contribution in [0.1, 0.15) is 28.8 Å². The van der Waals surface area contributed by atoms with Crippen molar-refractivity contribution in [3.8, 4) is 0 Å². The van der Waals surface area contributed by atoms with Gasteiger partial charge in [-0.15, -0.1) is 0 Å². The molecule has 1 fully saturated rings. The molecular formula is C22H26N2O4. The fourth-order valence-electron chi connectivity index (χ4n) is 3.34. The van der Waals surface area contributed by atoms with Crippen molar-refractivity contribution >= 4 is 17.7 Å². The number of anilines is 1. The molecule has 0 spiro atoms. The highest BCUT2D eigenvalue weighted by Gasteiger charge is 2.23. The maximum absolute atomic E-state index is 13.1. The van der Waals surface area contributed by atoms with Crippen LogP contribution >= 0.6 is 0 Å². The molecule has 0 radical (unpaired) electrons. The molecule has 1 heterocycles. The Hall–Kier alpha value is -2.86. The summed E-state index contributed by atoms with van der Waals surface area (Å²) < 4.78 is 10.3. The molecule has 0 bridgehead atoms. The fraction of sp³-hybridized carbons (Fsp3) is 0.364. The zero-order valence-corrected chi connectivity index (χ0v) is 16.1. The summed E-state index contributed by atoms with van der Waals surface area (Å²) in [6.07, 6.45) is 1.88. The molecule has 2 amide bonds. The Labute approximate surface area is 165 Å². The van der Waals surface area contributed by atoms with Gasteiger partial charge in [-0.25, -0.2) is 9.59 Å². The number of nitrogens with one attached hydrogen (secondary N) is 1. The van der Waals surface area contributed by atoms with Crippen LogP contribution in [-0.4, -0.2) is 43.8 Å². The number of methoxy groups -OCH3 is 1. The van der Waals surface area contributed by atoms with Crippen LogP contribution in [0.5, 0.6) is 0 Å². The number of hydrogen-bond donors (Lipinski definition) is 1. The van der Waals surface area contributed by atoms with Gasteiger partial charge in [0.15, 0.2) is 0 Å². The van der Waals surface area contributed by atoms with Gasteiger partial charge in [0.1, 0.15) is 0 Å². The minimum atomic E-state index is -0.477. The van der Waals surface area contributed by atoms with Crippen LogP contribution in [0.2, 0.25) is 0 Å². The minimum absolute atomic E-state index is 0.230. The maximum Gasteiger partial charge on any atom is 0.339 e. The van der Waals surface area contributed by atoms with Gasteiger partial charge in [0, 0.05) is 26.3 Å². The van der Waals surface area contributed by atoms with E-state index in [1.807, 2.05) is 30.3 Å². The van der Waals surface area contributed by atoms with E-state index in [0.717, 1.165) is 31.6 Å². The first-order valence-corrected chi connectivity index (χ1v) is 9.52. The molecule has 1 N–H and O–H groups in total. The predicted octanol–water partition coefficient (Wildman–Crippen LogP) is 3.93. The second-order valence-electron chi connectivity index (χ2n) is 6.89. The lowest BCUT2D eigenvalue weighted by Crippen LogP contribution is -2.39. The molecule has 2 aromatic carbocycles. The van der Waals surface area contributed by atoms with Gasteiger partial charge in [-0.3, -0.25) is 0 Å². The van der Waals surface area contributed by atoms with Crippen molar-refractivity contribution in [3.05, 3.63) is 65.7 Å². The van der Waals surface area contributed by atoms with Crippen molar-refractivity contribution in [1.29, 1.82) is 0 Å². The SMILES string of the molecule is COC(=O)c1ccccc1NC(=O)N(Cc1ccccc1)CC1CCOCC1. The molecule has 148 valence electrons. The van der Waals surface area contributed by atoms with Crippen LogP contribution in [0, 0.1) is 5.92 Å². The Bertz CT molecular complexity index is 788. The third-order valence-electron chi connectivity index (χ3n) is 4.90. The van der Waals surface area contributed by atoms with E-state index in [1.54, 1.807) is 29.2 Å². The summed E-state index contributed by atoms with van der Waals surface area (Å²) in [5.41, 5.74) is 1.85. The van der Waals surface area contributed by atoms with E-state index in [4.69, 9.17) is 9.47 Å². The number of urea groups is 1. The Balaban J connectivity index is 1.77. The van der Waals surface area contributed by atoms with Crippen molar-refractivity contribution in [2.45, 2.75) is 19.4 Å². The highest BCUT2D eigenvalue weighted by atomic mass is 16.5. The van der Waals surface area contributed by atoms with E-state index in [0.29, 0.717) is 30.3 Å². The molecule has 6 nitrogen and oxygen atoms in total. The Kier molecular flexibility index (Phi) is 7.03. The van der Waals surface area contributed by atoms with Crippen LogP contribution in [0.25, 0.3) is 0 Å². The van der Waals surface area contributed by atoms with Gasteiger partial charge >= 0.3 is 12.0 Å². The van der Waals surface area contributed by atoms with Crippen LogP contribution in [-0.2, 0) is 16.0 Å². The summed E-state index contributed by atoms with van der Waals surface area (Å²) in [6.45, 7) is 2.61. The Morgan fingerprint density at radius 1 is 1.07 bits per heavy atom. The lowest BCUT2D eigenvalue weighted by Gasteiger charge is -2.30. The molecule has 0 saturated carbocycles. The zero-order chi connectivity index (χ0) is 19.8. The lowest BCUT2D eigenvalue weighted by molar-refractivity contribution is 0.0564. The zero-order valence-electron chi connectivity index (χ0n) is 16.1. The first kappa shape index (κ1) is 19.9. The van der Waals surface area contributed by atoms with Crippen molar-refractivity contribution in [3.63, 3.8) is 0 Å². The number of carbonyl (C=O) groups is 2. The highest BCUT2D eigenvalue weighted by molar-refractivity contribution is 6.00. The second kappa shape index (κ2) is 9.90. The van der Waals surface area contributed by atoms with E-state index in [-0.39, 0.29) is 6.03 Å². The quantitative estimate of drug-likeness (QED) is 0.769. The normalized spacial score (nSPS) is 14.3. The first-order valence-electron chi connectivity index (χ1n) is 9.52. The lowest BCUT2D eigenvalue weighted by atomic mass is 9.99. The summed E-state index contributed by atoms with van der Waals surface area (Å²) in [7, 11) is 1.33. The third kappa shape index (κ3) is 5.33. The van der Waals surface area contributed by atoms with Crippen molar-refractivity contribution < 1.29 is 19.1 Å². The van der Waals surface area contributed by atoms with Crippen LogP contribution in [0.3, 0.4) is 0 Å². The third-order valence-corrected chi connectivity index (χ3v) is 4.90. The number of benzene rings is 2. The van der Waals surface area contributed by atoms with Crippen molar-refractivity contribution in [2.75, 3.05) is 32.2 Å². The number of nitrogens with zero attached hydrogens (tertiary/aromatic N) is 1. The number of para-hydroxylation sites is 1. The Morgan fingerprint density at radius 2 is 1.75 bits per heavy atom. The number of ether oxygens (including phenoxy) is 2. The van der Waals surface area contributed by atoms with Gasteiger partial charge in [-0.1, -0.05) is 42.5 Å². The van der Waals surface area contributed by atoms with Crippen LogP contribution < -0.4 is 5.32 Å². The van der Waals surface area contributed by atoms with Crippen molar-refractivity contribution in [2.24, 2.45) is 5.92 Å². The molecular weight excluding hydrogens is 356 g/mol. The molecule has 0 unspecified atom stereocenters. The minimum Gasteiger partial charge on any atom is -0.465 e. The fourth-order valence-corrected chi connectivity index (χ4v) is 3.34. The summed E-state index contributed by atoms with van der Waals surface area (Å²) in [5.74, 6) is -0.0750. The van der Waals surface area contributed by atoms with E-state index in [9.17, 15) is 9.59 Å². The van der Waals surface area contributed by atoms with Gasteiger partial charge in [0.2, 0.25) is 0 Å². The van der Waals surface area contributed by atoms with Gasteiger partial charge in [0.25, 0.3) is 0 Å². The largest absolute Gasteiger partial charge is 0.465 e. The smallest absolute Gasteiger partial charge is 0.339 e. The number of rotatable bonds is 6. The molecule has 6 heteroatoms. The standard InChI is InChI=1S/C22H26N2O4/c1-27-21(25)19-9-5-6-10-20(19)23-22(26)24(15-17-7-3-2-4-8-17)16-18-11-13-28-14-12-18/h2-10,18H,11-16H2,1H3,(H,23,26). The van der Waals surface area contributed by atoms with Gasteiger partial charge in [-0.2, -0.15) is 0 Å². The summed E-state index contributed by atoms with van der Waals surface area (Å²) in [5, 5.41) is 2.89. The van der Waals surface area contributed by atoms with Gasteiger partial charge in [0.05, 0.1) is 18.4 Å².